The Morgan fingerprint density at radius 3 is 2.48 bits per heavy atom. The van der Waals surface area contributed by atoms with Crippen molar-refractivity contribution in [3.05, 3.63) is 58.6 Å². The van der Waals surface area contributed by atoms with E-state index in [0.717, 1.165) is 11.1 Å². The number of guanidine groups is 1. The summed E-state index contributed by atoms with van der Waals surface area (Å²) >= 11 is 6.03. The molecule has 0 aliphatic heterocycles. The van der Waals surface area contributed by atoms with Gasteiger partial charge in [0.2, 0.25) is 0 Å². The highest BCUT2D eigenvalue weighted by Crippen LogP contribution is 2.27. The molecule has 1 atom stereocenters. The second kappa shape index (κ2) is 11.9. The number of ether oxygens (including phenoxy) is 3. The van der Waals surface area contributed by atoms with Crippen LogP contribution in [0.15, 0.2) is 47.5 Å². The van der Waals surface area contributed by atoms with E-state index in [1.165, 1.54) is 0 Å². The Morgan fingerprint density at radius 2 is 1.85 bits per heavy atom. The van der Waals surface area contributed by atoms with Gasteiger partial charge in [0.25, 0.3) is 0 Å². The zero-order valence-corrected chi connectivity index (χ0v) is 18.7. The number of nitrogens with zero attached hydrogens (tertiary/aromatic N) is 1. The molecule has 6 nitrogen and oxygen atoms in total. The van der Waals surface area contributed by atoms with Crippen molar-refractivity contribution < 1.29 is 14.2 Å². The van der Waals surface area contributed by atoms with Crippen LogP contribution in [-0.2, 0) is 11.3 Å². The van der Waals surface area contributed by atoms with Crippen LogP contribution in [0, 0.1) is 0 Å². The quantitative estimate of drug-likeness (QED) is 0.324. The summed E-state index contributed by atoms with van der Waals surface area (Å²) in [5.41, 5.74) is 7.90. The molecule has 1 unspecified atom stereocenters. The predicted molar refractivity (Wildman–Crippen MR) is 119 cm³/mol. The van der Waals surface area contributed by atoms with Gasteiger partial charge in [0.05, 0.1) is 26.9 Å². The Bertz CT molecular complexity index is 759. The number of nitrogens with two attached hydrogens (primary N) is 1. The maximum absolute atomic E-state index is 6.03. The molecule has 0 aliphatic rings. The first-order valence-electron chi connectivity index (χ1n) is 8.10. The molecule has 2 aromatic rings. The van der Waals surface area contributed by atoms with E-state index >= 15 is 0 Å². The van der Waals surface area contributed by atoms with Crippen molar-refractivity contribution in [3.63, 3.8) is 0 Å². The van der Waals surface area contributed by atoms with Crippen LogP contribution in [0.4, 0.5) is 0 Å². The summed E-state index contributed by atoms with van der Waals surface area (Å²) in [6, 6.07) is 13.2. The van der Waals surface area contributed by atoms with Crippen molar-refractivity contribution in [2.75, 3.05) is 27.9 Å². The van der Waals surface area contributed by atoms with E-state index in [1.54, 1.807) is 21.3 Å². The average Bonchev–Trinajstić information content (AvgIpc) is 2.66. The minimum atomic E-state index is -0.177. The molecule has 2 aromatic carbocycles. The van der Waals surface area contributed by atoms with Crippen LogP contribution >= 0.6 is 35.6 Å². The molecule has 0 radical (unpaired) electrons. The number of benzene rings is 2. The van der Waals surface area contributed by atoms with Crippen molar-refractivity contribution >= 4 is 41.5 Å². The number of hydrogen-bond acceptors (Lipinski definition) is 4. The van der Waals surface area contributed by atoms with E-state index in [1.807, 2.05) is 42.5 Å². The summed E-state index contributed by atoms with van der Waals surface area (Å²) in [6.45, 7) is 0.909. The molecule has 3 N–H and O–H groups in total. The van der Waals surface area contributed by atoms with Crippen LogP contribution in [0.3, 0.4) is 0 Å². The highest BCUT2D eigenvalue weighted by molar-refractivity contribution is 14.0. The molecule has 2 rings (SSSR count). The lowest BCUT2D eigenvalue weighted by Gasteiger charge is -2.17. The van der Waals surface area contributed by atoms with Crippen molar-refractivity contribution in [1.82, 2.24) is 5.32 Å². The molecule has 0 bridgehead atoms. The van der Waals surface area contributed by atoms with Gasteiger partial charge in [0.15, 0.2) is 17.5 Å². The van der Waals surface area contributed by atoms with Gasteiger partial charge in [0.1, 0.15) is 0 Å². The summed E-state index contributed by atoms with van der Waals surface area (Å²) in [4.78, 5) is 4.35. The molecule has 8 heteroatoms. The number of methoxy groups -OCH3 is 3. The summed E-state index contributed by atoms with van der Waals surface area (Å²) in [5.74, 6) is 1.67. The van der Waals surface area contributed by atoms with Gasteiger partial charge >= 0.3 is 0 Å². The Labute approximate surface area is 182 Å². The van der Waals surface area contributed by atoms with Crippen molar-refractivity contribution in [1.29, 1.82) is 0 Å². The smallest absolute Gasteiger partial charge is 0.189 e. The van der Waals surface area contributed by atoms with Crippen molar-refractivity contribution in [3.8, 4) is 11.5 Å². The minimum absolute atomic E-state index is 0. The summed E-state index contributed by atoms with van der Waals surface area (Å²) in [5, 5.41) is 3.74. The Hall–Kier alpha value is -1.71. The Balaban J connectivity index is 0.00000364. The largest absolute Gasteiger partial charge is 0.493 e. The second-order valence-electron chi connectivity index (χ2n) is 5.55. The fourth-order valence-electron chi connectivity index (χ4n) is 2.45. The van der Waals surface area contributed by atoms with Gasteiger partial charge in [-0.25, -0.2) is 4.99 Å². The van der Waals surface area contributed by atoms with Crippen LogP contribution in [0.25, 0.3) is 0 Å². The van der Waals surface area contributed by atoms with Crippen LogP contribution < -0.4 is 20.5 Å². The van der Waals surface area contributed by atoms with Crippen LogP contribution in [0.1, 0.15) is 17.2 Å². The maximum atomic E-state index is 6.03. The first kappa shape index (κ1) is 23.3. The normalized spacial score (nSPS) is 12.1. The van der Waals surface area contributed by atoms with Gasteiger partial charge in [0, 0.05) is 18.7 Å². The van der Waals surface area contributed by atoms with Gasteiger partial charge in [-0.05, 0) is 35.4 Å². The summed E-state index contributed by atoms with van der Waals surface area (Å²) in [6.07, 6.45) is -0.177. The molecule has 148 valence electrons. The maximum Gasteiger partial charge on any atom is 0.189 e. The third kappa shape index (κ3) is 7.08. The zero-order chi connectivity index (χ0) is 18.9. The Kier molecular flexibility index (Phi) is 10.3. The van der Waals surface area contributed by atoms with Gasteiger partial charge in [-0.3, -0.25) is 0 Å². The molecule has 0 aromatic heterocycles. The summed E-state index contributed by atoms with van der Waals surface area (Å²) in [7, 11) is 4.84. The third-order valence-corrected chi connectivity index (χ3v) is 4.09. The van der Waals surface area contributed by atoms with E-state index in [-0.39, 0.29) is 30.1 Å². The zero-order valence-electron chi connectivity index (χ0n) is 15.6. The van der Waals surface area contributed by atoms with E-state index < -0.39 is 0 Å². The van der Waals surface area contributed by atoms with Gasteiger partial charge < -0.3 is 25.3 Å². The average molecular weight is 506 g/mol. The molecular weight excluding hydrogens is 481 g/mol. The minimum Gasteiger partial charge on any atom is -0.493 e. The van der Waals surface area contributed by atoms with Gasteiger partial charge in [-0.1, -0.05) is 29.8 Å². The molecule has 0 fully saturated rings. The number of halogens is 2. The first-order valence-corrected chi connectivity index (χ1v) is 8.48. The highest BCUT2D eigenvalue weighted by Gasteiger charge is 2.11. The topological polar surface area (TPSA) is 78.1 Å². The number of nitrogens with one attached hydrogen (secondary N) is 1. The van der Waals surface area contributed by atoms with E-state index in [4.69, 9.17) is 31.5 Å². The van der Waals surface area contributed by atoms with Crippen molar-refractivity contribution in [2.24, 2.45) is 10.7 Å². The lowest BCUT2D eigenvalue weighted by atomic mass is 10.1. The molecule has 0 heterocycles. The van der Waals surface area contributed by atoms with Crippen LogP contribution in [-0.4, -0.2) is 33.8 Å². The molecule has 0 aliphatic carbocycles. The van der Waals surface area contributed by atoms with E-state index in [0.29, 0.717) is 35.6 Å². The standard InChI is InChI=1S/C19H24ClN3O3.HI/c1-24-16-8-7-13(9-17(16)25-2)11-22-19(21)23-12-18(26-3)14-5-4-6-15(20)10-14;/h4-10,18H,11-12H2,1-3H3,(H3,21,22,23);1H. The van der Waals surface area contributed by atoms with Crippen LogP contribution in [0.2, 0.25) is 5.02 Å². The summed E-state index contributed by atoms with van der Waals surface area (Å²) < 4.78 is 16.0. The third-order valence-electron chi connectivity index (χ3n) is 3.85. The monoisotopic (exact) mass is 505 g/mol. The predicted octanol–water partition coefficient (Wildman–Crippen LogP) is 3.77. The Morgan fingerprint density at radius 1 is 1.11 bits per heavy atom. The van der Waals surface area contributed by atoms with E-state index in [9.17, 15) is 0 Å². The molecule has 0 saturated carbocycles. The first-order chi connectivity index (χ1) is 12.6. The molecule has 0 amide bonds. The SMILES string of the molecule is COc1ccc(CN=C(N)NCC(OC)c2cccc(Cl)c2)cc1OC.I. The fraction of sp³-hybridized carbons (Fsp3) is 0.316. The number of aliphatic imine (C=N–C) groups is 1. The lowest BCUT2D eigenvalue weighted by Crippen LogP contribution is -2.35. The number of hydrogen-bond donors (Lipinski definition) is 2. The fourth-order valence-corrected chi connectivity index (χ4v) is 2.65. The van der Waals surface area contributed by atoms with Gasteiger partial charge in [-0.2, -0.15) is 0 Å². The number of rotatable bonds is 8. The molecule has 0 saturated heterocycles. The van der Waals surface area contributed by atoms with Crippen molar-refractivity contribution in [2.45, 2.75) is 12.6 Å². The molecule has 0 spiro atoms. The highest BCUT2D eigenvalue weighted by atomic mass is 127. The lowest BCUT2D eigenvalue weighted by molar-refractivity contribution is 0.106. The van der Waals surface area contributed by atoms with Gasteiger partial charge in [-0.15, -0.1) is 24.0 Å². The molecular formula is C19H25ClIN3O3. The molecule has 27 heavy (non-hydrogen) atoms. The van der Waals surface area contributed by atoms with E-state index in [2.05, 4.69) is 10.3 Å². The second-order valence-corrected chi connectivity index (χ2v) is 5.99. The van der Waals surface area contributed by atoms with Crippen LogP contribution in [0.5, 0.6) is 11.5 Å².